The van der Waals surface area contributed by atoms with Crippen LogP contribution in [0.3, 0.4) is 0 Å². The highest BCUT2D eigenvalue weighted by atomic mass is 79.9. The molecule has 3 atom stereocenters. The highest BCUT2D eigenvalue weighted by Gasteiger charge is 2.68. The molecular weight excluding hydrogens is 538 g/mol. The molecule has 0 aromatic heterocycles. The van der Waals surface area contributed by atoms with Gasteiger partial charge in [-0.05, 0) is 66.2 Å². The van der Waals surface area contributed by atoms with Crippen molar-refractivity contribution in [3.63, 3.8) is 0 Å². The first kappa shape index (κ1) is 25.2. The molecule has 3 aromatic rings. The molecule has 9 heteroatoms. The number of anilines is 1. The van der Waals surface area contributed by atoms with Crippen LogP contribution >= 0.6 is 15.9 Å². The maximum absolute atomic E-state index is 13.4. The Morgan fingerprint density at radius 3 is 2.59 bits per heavy atom. The number of likely N-dealkylation sites (tertiary alicyclic amines) is 1. The number of likely N-dealkylation sites (N-methyl/N-ethyl adjacent to an activating group) is 1. The molecule has 1 fully saturated rings. The maximum Gasteiger partial charge on any atom is 0.256 e. The van der Waals surface area contributed by atoms with E-state index in [0.717, 1.165) is 5.56 Å². The molecule has 3 aromatic carbocycles. The van der Waals surface area contributed by atoms with Crippen LogP contribution in [0.2, 0.25) is 0 Å². The number of halogens is 1. The van der Waals surface area contributed by atoms with Crippen molar-refractivity contribution in [2.24, 2.45) is 0 Å². The molecule has 0 unspecified atom stereocenters. The summed E-state index contributed by atoms with van der Waals surface area (Å²) < 4.78 is 12.7. The molecule has 0 radical (unpaired) electrons. The van der Waals surface area contributed by atoms with E-state index in [4.69, 9.17) is 9.47 Å². The molecule has 1 saturated heterocycles. The lowest BCUT2D eigenvalue weighted by atomic mass is 9.79. The maximum atomic E-state index is 13.4. The number of carbonyl (C=O) groups excluding carboxylic acids is 1. The van der Waals surface area contributed by atoms with Gasteiger partial charge >= 0.3 is 0 Å². The van der Waals surface area contributed by atoms with E-state index in [0.29, 0.717) is 52.5 Å². The van der Waals surface area contributed by atoms with E-state index >= 15 is 0 Å². The summed E-state index contributed by atoms with van der Waals surface area (Å²) in [6.07, 6.45) is 0. The third-order valence-electron chi connectivity index (χ3n) is 7.30. The molecule has 5 rings (SSSR count). The Hall–Kier alpha value is -3.43. The molecule has 2 heterocycles. The van der Waals surface area contributed by atoms with Crippen LogP contribution in [-0.4, -0.2) is 42.0 Å². The van der Waals surface area contributed by atoms with Gasteiger partial charge in [0.15, 0.2) is 17.0 Å². The Kier molecular flexibility index (Phi) is 6.68. The van der Waals surface area contributed by atoms with Crippen molar-refractivity contribution in [3.8, 4) is 11.5 Å². The molecule has 1 spiro atoms. The average Bonchev–Trinajstić information content (AvgIpc) is 3.34. The Balaban J connectivity index is 1.53. The van der Waals surface area contributed by atoms with E-state index in [-0.39, 0.29) is 10.8 Å². The fourth-order valence-corrected chi connectivity index (χ4v) is 6.20. The quantitative estimate of drug-likeness (QED) is 0.310. The van der Waals surface area contributed by atoms with E-state index in [1.165, 1.54) is 5.56 Å². The van der Waals surface area contributed by atoms with Gasteiger partial charge in [0.25, 0.3) is 11.9 Å². The second kappa shape index (κ2) is 9.79. The Labute approximate surface area is 223 Å². The number of nitrogens with one attached hydrogen (secondary N) is 1. The van der Waals surface area contributed by atoms with Gasteiger partial charge in [-0.2, -0.15) is 0 Å². The number of benzene rings is 3. The molecule has 2 aliphatic rings. The zero-order valence-electron chi connectivity index (χ0n) is 20.9. The van der Waals surface area contributed by atoms with Crippen LogP contribution in [0, 0.1) is 17.0 Å². The number of nitrogens with zero attached hydrogens (tertiary/aromatic N) is 2. The van der Waals surface area contributed by atoms with Gasteiger partial charge in [-0.15, -0.1) is 0 Å². The topological polar surface area (TPSA) is 93.9 Å². The van der Waals surface area contributed by atoms with Crippen LogP contribution in [0.4, 0.5) is 5.69 Å². The van der Waals surface area contributed by atoms with Crippen molar-refractivity contribution < 1.29 is 19.2 Å². The van der Waals surface area contributed by atoms with Gasteiger partial charge in [0.05, 0.1) is 17.0 Å². The molecule has 0 bridgehead atoms. The molecule has 1 amide bonds. The SMILES string of the molecule is CCOc1cc([C@@H]2CN(C)[C@@]3(C(=O)Nc4ccccc43)[C@H]2[N+](=O)[O-])cc(Br)c1OCc1ccc(C)cc1. The van der Waals surface area contributed by atoms with E-state index in [9.17, 15) is 14.9 Å². The zero-order valence-corrected chi connectivity index (χ0v) is 22.4. The van der Waals surface area contributed by atoms with Crippen molar-refractivity contribution in [2.75, 3.05) is 25.5 Å². The molecule has 8 nitrogen and oxygen atoms in total. The second-order valence-corrected chi connectivity index (χ2v) is 10.4. The third-order valence-corrected chi connectivity index (χ3v) is 7.89. The predicted octanol–water partition coefficient (Wildman–Crippen LogP) is 5.26. The normalized spacial score (nSPS) is 22.6. The predicted molar refractivity (Wildman–Crippen MR) is 144 cm³/mol. The summed E-state index contributed by atoms with van der Waals surface area (Å²) >= 11 is 3.62. The largest absolute Gasteiger partial charge is 0.490 e. The minimum absolute atomic E-state index is 0.314. The highest BCUT2D eigenvalue weighted by Crippen LogP contribution is 2.53. The lowest BCUT2D eigenvalue weighted by Gasteiger charge is -2.30. The molecule has 192 valence electrons. The van der Waals surface area contributed by atoms with Gasteiger partial charge in [-0.25, -0.2) is 0 Å². The minimum atomic E-state index is -1.40. The van der Waals surface area contributed by atoms with Crippen LogP contribution < -0.4 is 14.8 Å². The molecule has 0 aliphatic carbocycles. The van der Waals surface area contributed by atoms with Gasteiger partial charge < -0.3 is 14.8 Å². The number of ether oxygens (including phenoxy) is 2. The third kappa shape index (κ3) is 4.16. The van der Waals surface area contributed by atoms with Crippen LogP contribution in [0.25, 0.3) is 0 Å². The number of hydrogen-bond acceptors (Lipinski definition) is 6. The van der Waals surface area contributed by atoms with Crippen molar-refractivity contribution >= 4 is 27.5 Å². The van der Waals surface area contributed by atoms with Crippen molar-refractivity contribution in [1.29, 1.82) is 0 Å². The first-order valence-electron chi connectivity index (χ1n) is 12.2. The first-order valence-corrected chi connectivity index (χ1v) is 13.0. The molecular formula is C28H28BrN3O5. The Morgan fingerprint density at radius 1 is 1.16 bits per heavy atom. The van der Waals surface area contributed by atoms with Crippen molar-refractivity contribution in [1.82, 2.24) is 4.90 Å². The van der Waals surface area contributed by atoms with Crippen LogP contribution in [0.1, 0.15) is 35.1 Å². The standard InChI is InChI=1S/C28H28BrN3O5/c1-4-36-24-14-19(13-22(29)25(24)37-16-18-11-9-17(2)10-12-18)20-15-31(3)28(26(20)32(34)35)21-7-5-6-8-23(21)30-27(28)33/h5-14,20,26H,4,15-16H2,1-3H3,(H,30,33)/t20-,26-,28+/m0/s1. The number of nitro groups is 1. The summed E-state index contributed by atoms with van der Waals surface area (Å²) in [6.45, 7) is 4.99. The van der Waals surface area contributed by atoms with E-state index in [2.05, 4.69) is 21.2 Å². The smallest absolute Gasteiger partial charge is 0.256 e. The number of rotatable bonds is 7. The van der Waals surface area contributed by atoms with E-state index < -0.39 is 17.5 Å². The van der Waals surface area contributed by atoms with Crippen LogP contribution in [0.5, 0.6) is 11.5 Å². The van der Waals surface area contributed by atoms with Gasteiger partial charge in [0.2, 0.25) is 0 Å². The number of para-hydroxylation sites is 1. The molecule has 2 aliphatic heterocycles. The molecule has 1 N–H and O–H groups in total. The summed E-state index contributed by atoms with van der Waals surface area (Å²) in [5, 5.41) is 15.5. The fraction of sp³-hybridized carbons (Fsp3) is 0.321. The lowest BCUT2D eigenvalue weighted by molar-refractivity contribution is -0.534. The van der Waals surface area contributed by atoms with Gasteiger partial charge in [0, 0.05) is 22.7 Å². The second-order valence-electron chi connectivity index (χ2n) is 9.52. The van der Waals surface area contributed by atoms with Gasteiger partial charge in [-0.3, -0.25) is 19.8 Å². The van der Waals surface area contributed by atoms with Crippen LogP contribution in [0.15, 0.2) is 65.1 Å². The monoisotopic (exact) mass is 565 g/mol. The average molecular weight is 566 g/mol. The minimum Gasteiger partial charge on any atom is -0.490 e. The number of carbonyl (C=O) groups is 1. The fourth-order valence-electron chi connectivity index (χ4n) is 5.62. The van der Waals surface area contributed by atoms with Crippen molar-refractivity contribution in [3.05, 3.63) is 97.5 Å². The first-order chi connectivity index (χ1) is 17.8. The highest BCUT2D eigenvalue weighted by molar-refractivity contribution is 9.10. The summed E-state index contributed by atoms with van der Waals surface area (Å²) in [6, 6.07) is 17.7. The zero-order chi connectivity index (χ0) is 26.3. The molecule has 37 heavy (non-hydrogen) atoms. The Morgan fingerprint density at radius 2 is 1.89 bits per heavy atom. The summed E-state index contributed by atoms with van der Waals surface area (Å²) in [7, 11) is 1.77. The van der Waals surface area contributed by atoms with Gasteiger partial charge in [0.1, 0.15) is 6.61 Å². The summed E-state index contributed by atoms with van der Waals surface area (Å²) in [4.78, 5) is 27.5. The number of hydrogen-bond donors (Lipinski definition) is 1. The molecule has 0 saturated carbocycles. The Bertz CT molecular complexity index is 1360. The van der Waals surface area contributed by atoms with Gasteiger partial charge in [-0.1, -0.05) is 48.0 Å². The lowest BCUT2D eigenvalue weighted by Crippen LogP contribution is -2.54. The summed E-state index contributed by atoms with van der Waals surface area (Å²) in [5.41, 5.74) is 2.74. The summed E-state index contributed by atoms with van der Waals surface area (Å²) in [5.74, 6) is 0.107. The number of aryl methyl sites for hydroxylation is 1. The van der Waals surface area contributed by atoms with Crippen LogP contribution in [-0.2, 0) is 16.9 Å². The number of amides is 1. The van der Waals surface area contributed by atoms with Crippen molar-refractivity contribution in [2.45, 2.75) is 38.0 Å². The van der Waals surface area contributed by atoms with E-state index in [1.54, 1.807) is 19.2 Å². The van der Waals surface area contributed by atoms with E-state index in [1.807, 2.05) is 67.3 Å². The number of fused-ring (bicyclic) bond motifs is 2.